The molecule has 92 valence electrons. The van der Waals surface area contributed by atoms with E-state index in [-0.39, 0.29) is 6.04 Å². The molecule has 0 amide bonds. The molecule has 2 unspecified atom stereocenters. The zero-order chi connectivity index (χ0) is 12.3. The summed E-state index contributed by atoms with van der Waals surface area (Å²) in [6.45, 7) is 6.76. The van der Waals surface area contributed by atoms with Crippen LogP contribution in [0.4, 0.5) is 0 Å². The molecule has 1 aromatic carbocycles. The predicted molar refractivity (Wildman–Crippen MR) is 69.8 cm³/mol. The summed E-state index contributed by atoms with van der Waals surface area (Å²) in [6.07, 6.45) is 1.90. The van der Waals surface area contributed by atoms with Gasteiger partial charge in [0.05, 0.1) is 6.61 Å². The largest absolute Gasteiger partial charge is 0.493 e. The van der Waals surface area contributed by atoms with Gasteiger partial charge in [-0.15, -0.1) is 6.58 Å². The first kappa shape index (κ1) is 12.1. The molecule has 0 aliphatic carbocycles. The number of nitrogens with one attached hydrogen (secondary N) is 1. The minimum atomic E-state index is 0.234. The van der Waals surface area contributed by atoms with E-state index in [2.05, 4.69) is 24.1 Å². The molecule has 2 rings (SSSR count). The van der Waals surface area contributed by atoms with Crippen molar-refractivity contribution in [3.05, 3.63) is 42.0 Å². The topological polar surface area (TPSA) is 47.3 Å². The SMILES string of the molecule is C=C(C)CC(NN)C1CCOc2ccccc21. The van der Waals surface area contributed by atoms with Crippen LogP contribution in [0.15, 0.2) is 36.4 Å². The van der Waals surface area contributed by atoms with Crippen molar-refractivity contribution in [2.75, 3.05) is 6.61 Å². The molecular formula is C14H20N2O. The van der Waals surface area contributed by atoms with Crippen molar-refractivity contribution in [3.63, 3.8) is 0 Å². The van der Waals surface area contributed by atoms with Crippen molar-refractivity contribution in [2.24, 2.45) is 5.84 Å². The van der Waals surface area contributed by atoms with Crippen LogP contribution >= 0.6 is 0 Å². The highest BCUT2D eigenvalue weighted by molar-refractivity contribution is 5.38. The lowest BCUT2D eigenvalue weighted by atomic mass is 9.84. The van der Waals surface area contributed by atoms with Crippen molar-refractivity contribution in [1.82, 2.24) is 5.43 Å². The Labute approximate surface area is 103 Å². The molecule has 0 spiro atoms. The monoisotopic (exact) mass is 232 g/mol. The highest BCUT2D eigenvalue weighted by Gasteiger charge is 2.27. The molecule has 17 heavy (non-hydrogen) atoms. The lowest BCUT2D eigenvalue weighted by Gasteiger charge is -2.32. The van der Waals surface area contributed by atoms with Gasteiger partial charge in [-0.25, -0.2) is 0 Å². The van der Waals surface area contributed by atoms with E-state index < -0.39 is 0 Å². The Morgan fingerprint density at radius 2 is 2.35 bits per heavy atom. The fourth-order valence-corrected chi connectivity index (χ4v) is 2.48. The Morgan fingerprint density at radius 1 is 1.59 bits per heavy atom. The number of benzene rings is 1. The summed E-state index contributed by atoms with van der Waals surface area (Å²) in [5.74, 6) is 7.07. The van der Waals surface area contributed by atoms with Crippen LogP contribution in [0.25, 0.3) is 0 Å². The van der Waals surface area contributed by atoms with Gasteiger partial charge >= 0.3 is 0 Å². The van der Waals surface area contributed by atoms with E-state index >= 15 is 0 Å². The van der Waals surface area contributed by atoms with E-state index in [0.29, 0.717) is 5.92 Å². The number of hydrogen-bond acceptors (Lipinski definition) is 3. The van der Waals surface area contributed by atoms with Gasteiger partial charge in [-0.2, -0.15) is 0 Å². The van der Waals surface area contributed by atoms with Crippen LogP contribution in [0.1, 0.15) is 31.2 Å². The minimum absolute atomic E-state index is 0.234. The number of nitrogens with two attached hydrogens (primary N) is 1. The molecule has 3 heteroatoms. The van der Waals surface area contributed by atoms with Crippen molar-refractivity contribution in [2.45, 2.75) is 31.7 Å². The first-order chi connectivity index (χ1) is 8.22. The van der Waals surface area contributed by atoms with E-state index in [1.165, 1.54) is 5.56 Å². The van der Waals surface area contributed by atoms with Gasteiger partial charge in [0.25, 0.3) is 0 Å². The van der Waals surface area contributed by atoms with Crippen LogP contribution in [0.5, 0.6) is 5.75 Å². The summed E-state index contributed by atoms with van der Waals surface area (Å²) >= 11 is 0. The smallest absolute Gasteiger partial charge is 0.122 e. The Hall–Kier alpha value is -1.32. The van der Waals surface area contributed by atoms with Crippen molar-refractivity contribution >= 4 is 0 Å². The summed E-state index contributed by atoms with van der Waals surface area (Å²) in [5, 5.41) is 0. The number of ether oxygens (including phenoxy) is 1. The molecule has 0 aromatic heterocycles. The van der Waals surface area contributed by atoms with Crippen LogP contribution in [0.2, 0.25) is 0 Å². The van der Waals surface area contributed by atoms with Gasteiger partial charge in [-0.05, 0) is 31.4 Å². The molecule has 1 aliphatic rings. The molecule has 0 saturated heterocycles. The fraction of sp³-hybridized carbons (Fsp3) is 0.429. The summed E-state index contributed by atoms with van der Waals surface area (Å²) in [4.78, 5) is 0. The standard InChI is InChI=1S/C14H20N2O/c1-10(2)9-13(16-15)11-7-8-17-14-6-4-3-5-12(11)14/h3-6,11,13,16H,1,7-9,15H2,2H3. The number of rotatable bonds is 4. The molecule has 0 radical (unpaired) electrons. The third-order valence-electron chi connectivity index (χ3n) is 3.27. The number of hydrazine groups is 1. The minimum Gasteiger partial charge on any atom is -0.493 e. The van der Waals surface area contributed by atoms with Crippen molar-refractivity contribution in [1.29, 1.82) is 0 Å². The molecule has 1 aromatic rings. The van der Waals surface area contributed by atoms with Crippen molar-refractivity contribution in [3.8, 4) is 5.75 Å². The first-order valence-electron chi connectivity index (χ1n) is 6.04. The third kappa shape index (κ3) is 2.68. The Kier molecular flexibility index (Phi) is 3.82. The summed E-state index contributed by atoms with van der Waals surface area (Å²) in [7, 11) is 0. The van der Waals surface area contributed by atoms with E-state index in [1.54, 1.807) is 0 Å². The Bertz CT molecular complexity index is 403. The maximum Gasteiger partial charge on any atom is 0.122 e. The van der Waals surface area contributed by atoms with Crippen LogP contribution in [-0.2, 0) is 0 Å². The molecule has 0 fully saturated rings. The lowest BCUT2D eigenvalue weighted by Crippen LogP contribution is -2.41. The quantitative estimate of drug-likeness (QED) is 0.476. The summed E-state index contributed by atoms with van der Waals surface area (Å²) < 4.78 is 5.66. The van der Waals surface area contributed by atoms with Crippen LogP contribution in [0.3, 0.4) is 0 Å². The Balaban J connectivity index is 2.24. The molecule has 0 saturated carbocycles. The number of para-hydroxylation sites is 1. The zero-order valence-corrected chi connectivity index (χ0v) is 10.3. The molecule has 1 aliphatic heterocycles. The lowest BCUT2D eigenvalue weighted by molar-refractivity contribution is 0.245. The maximum atomic E-state index is 5.68. The van der Waals surface area contributed by atoms with E-state index in [9.17, 15) is 0 Å². The molecule has 2 atom stereocenters. The summed E-state index contributed by atoms with van der Waals surface area (Å²) in [6, 6.07) is 8.44. The summed E-state index contributed by atoms with van der Waals surface area (Å²) in [5.41, 5.74) is 5.33. The maximum absolute atomic E-state index is 5.68. The molecular weight excluding hydrogens is 212 g/mol. The van der Waals surface area contributed by atoms with Crippen LogP contribution in [-0.4, -0.2) is 12.6 Å². The van der Waals surface area contributed by atoms with Crippen LogP contribution < -0.4 is 16.0 Å². The highest BCUT2D eigenvalue weighted by Crippen LogP contribution is 2.36. The number of hydrogen-bond donors (Lipinski definition) is 2. The average molecular weight is 232 g/mol. The third-order valence-corrected chi connectivity index (χ3v) is 3.27. The Morgan fingerprint density at radius 3 is 3.06 bits per heavy atom. The predicted octanol–water partition coefficient (Wildman–Crippen LogP) is 2.35. The highest BCUT2D eigenvalue weighted by atomic mass is 16.5. The van der Waals surface area contributed by atoms with Gasteiger partial charge < -0.3 is 4.74 Å². The first-order valence-corrected chi connectivity index (χ1v) is 6.04. The van der Waals surface area contributed by atoms with E-state index in [0.717, 1.165) is 30.8 Å². The molecule has 3 N–H and O–H groups in total. The van der Waals surface area contributed by atoms with Gasteiger partial charge in [0.1, 0.15) is 5.75 Å². The molecule has 1 heterocycles. The molecule has 3 nitrogen and oxygen atoms in total. The van der Waals surface area contributed by atoms with Crippen LogP contribution in [0, 0.1) is 0 Å². The van der Waals surface area contributed by atoms with Gasteiger partial charge in [-0.3, -0.25) is 11.3 Å². The van der Waals surface area contributed by atoms with Gasteiger partial charge in [0.2, 0.25) is 0 Å². The average Bonchev–Trinajstić information content (AvgIpc) is 2.35. The second kappa shape index (κ2) is 5.34. The molecule has 0 bridgehead atoms. The fourth-order valence-electron chi connectivity index (χ4n) is 2.48. The normalized spacial score (nSPS) is 20.2. The number of fused-ring (bicyclic) bond motifs is 1. The van der Waals surface area contributed by atoms with Crippen molar-refractivity contribution < 1.29 is 4.74 Å². The second-order valence-electron chi connectivity index (χ2n) is 4.72. The van der Waals surface area contributed by atoms with Gasteiger partial charge in [-0.1, -0.05) is 23.8 Å². The van der Waals surface area contributed by atoms with E-state index in [1.807, 2.05) is 19.1 Å². The second-order valence-corrected chi connectivity index (χ2v) is 4.72. The van der Waals surface area contributed by atoms with E-state index in [4.69, 9.17) is 10.6 Å². The zero-order valence-electron chi connectivity index (χ0n) is 10.3. The van der Waals surface area contributed by atoms with Gasteiger partial charge in [0, 0.05) is 12.0 Å². The van der Waals surface area contributed by atoms with Gasteiger partial charge in [0.15, 0.2) is 0 Å².